The molecule has 0 unspecified atom stereocenters. The number of nitrogens with zero attached hydrogens (tertiary/aromatic N) is 1. The van der Waals surface area contributed by atoms with E-state index >= 15 is 0 Å². The van der Waals surface area contributed by atoms with E-state index in [1.165, 1.54) is 0 Å². The molecule has 0 radical (unpaired) electrons. The van der Waals surface area contributed by atoms with Crippen LogP contribution in [0.15, 0.2) is 36.5 Å². The SMILES string of the molecule is Cn1cc(/C=C/C(=O)NCCSCCCO)c2ccccc21. The predicted molar refractivity (Wildman–Crippen MR) is 94.0 cm³/mol. The van der Waals surface area contributed by atoms with Crippen molar-refractivity contribution in [2.24, 2.45) is 7.05 Å². The summed E-state index contributed by atoms with van der Waals surface area (Å²) in [5.41, 5.74) is 2.20. The highest BCUT2D eigenvalue weighted by Gasteiger charge is 2.03. The van der Waals surface area contributed by atoms with Gasteiger partial charge in [0.2, 0.25) is 5.91 Å². The zero-order valence-corrected chi connectivity index (χ0v) is 13.6. The monoisotopic (exact) mass is 318 g/mol. The largest absolute Gasteiger partial charge is 0.396 e. The van der Waals surface area contributed by atoms with Crippen LogP contribution in [0.1, 0.15) is 12.0 Å². The minimum Gasteiger partial charge on any atom is -0.396 e. The maximum absolute atomic E-state index is 11.8. The summed E-state index contributed by atoms with van der Waals surface area (Å²) in [4.78, 5) is 11.8. The first kappa shape index (κ1) is 16.6. The van der Waals surface area contributed by atoms with E-state index < -0.39 is 0 Å². The van der Waals surface area contributed by atoms with Gasteiger partial charge in [0, 0.05) is 54.7 Å². The van der Waals surface area contributed by atoms with Crippen LogP contribution in [-0.2, 0) is 11.8 Å². The summed E-state index contributed by atoms with van der Waals surface area (Å²) in [5, 5.41) is 12.7. The second kappa shape index (κ2) is 8.66. The second-order valence-electron chi connectivity index (χ2n) is 5.03. The lowest BCUT2D eigenvalue weighted by Gasteiger charge is -2.01. The Morgan fingerprint density at radius 2 is 2.18 bits per heavy atom. The van der Waals surface area contributed by atoms with Gasteiger partial charge in [-0.2, -0.15) is 11.8 Å². The summed E-state index contributed by atoms with van der Waals surface area (Å²) in [6, 6.07) is 8.14. The van der Waals surface area contributed by atoms with E-state index in [2.05, 4.69) is 22.0 Å². The molecule has 0 saturated carbocycles. The van der Waals surface area contributed by atoms with Crippen molar-refractivity contribution in [2.45, 2.75) is 6.42 Å². The summed E-state index contributed by atoms with van der Waals surface area (Å²) < 4.78 is 2.06. The summed E-state index contributed by atoms with van der Waals surface area (Å²) in [7, 11) is 2.00. The molecule has 0 saturated heterocycles. The van der Waals surface area contributed by atoms with Gasteiger partial charge in [-0.05, 0) is 24.3 Å². The zero-order valence-electron chi connectivity index (χ0n) is 12.8. The van der Waals surface area contributed by atoms with Gasteiger partial charge in [-0.3, -0.25) is 4.79 Å². The Kier molecular flexibility index (Phi) is 6.55. The molecule has 0 aliphatic carbocycles. The van der Waals surface area contributed by atoms with Crippen molar-refractivity contribution < 1.29 is 9.90 Å². The van der Waals surface area contributed by atoms with Gasteiger partial charge in [-0.1, -0.05) is 18.2 Å². The average Bonchev–Trinajstić information content (AvgIpc) is 2.86. The molecule has 0 atom stereocenters. The van der Waals surface area contributed by atoms with Crippen LogP contribution < -0.4 is 5.32 Å². The number of aryl methyl sites for hydroxylation is 1. The molecule has 0 aliphatic rings. The molecule has 118 valence electrons. The highest BCUT2D eigenvalue weighted by atomic mass is 32.2. The van der Waals surface area contributed by atoms with E-state index in [0.29, 0.717) is 6.54 Å². The van der Waals surface area contributed by atoms with E-state index in [1.54, 1.807) is 17.8 Å². The molecule has 2 N–H and O–H groups in total. The molecular formula is C17H22N2O2S. The predicted octanol–water partition coefficient (Wildman–Crippen LogP) is 2.42. The first-order chi connectivity index (χ1) is 10.7. The van der Waals surface area contributed by atoms with Crippen LogP contribution in [0.25, 0.3) is 17.0 Å². The number of amides is 1. The minimum atomic E-state index is -0.0734. The topological polar surface area (TPSA) is 54.3 Å². The molecule has 0 spiro atoms. The summed E-state index contributed by atoms with van der Waals surface area (Å²) in [6.45, 7) is 0.877. The third-order valence-electron chi connectivity index (χ3n) is 3.33. The Hall–Kier alpha value is -1.72. The number of fused-ring (bicyclic) bond motifs is 1. The normalized spacial score (nSPS) is 11.4. The van der Waals surface area contributed by atoms with Gasteiger partial charge in [0.1, 0.15) is 0 Å². The molecule has 2 rings (SSSR count). The maximum atomic E-state index is 11.8. The molecule has 1 aromatic carbocycles. The number of nitrogens with one attached hydrogen (secondary N) is 1. The standard InChI is InChI=1S/C17H22N2O2S/c1-19-13-14(15-5-2-3-6-16(15)19)7-8-17(21)18-9-12-22-11-4-10-20/h2-3,5-8,13,20H,4,9-12H2,1H3,(H,18,21)/b8-7+. The number of carbonyl (C=O) groups is 1. The van der Waals surface area contributed by atoms with Gasteiger partial charge in [-0.15, -0.1) is 0 Å². The van der Waals surface area contributed by atoms with Crippen LogP contribution in [0.5, 0.6) is 0 Å². The fourth-order valence-electron chi connectivity index (χ4n) is 2.25. The number of aliphatic hydroxyl groups excluding tert-OH is 1. The van der Waals surface area contributed by atoms with Crippen molar-refractivity contribution in [3.05, 3.63) is 42.1 Å². The first-order valence-corrected chi connectivity index (χ1v) is 8.56. The Labute approximate surface area is 135 Å². The average molecular weight is 318 g/mol. The van der Waals surface area contributed by atoms with Crippen LogP contribution in [0.3, 0.4) is 0 Å². The lowest BCUT2D eigenvalue weighted by Crippen LogP contribution is -2.23. The molecule has 0 aliphatic heterocycles. The van der Waals surface area contributed by atoms with E-state index in [1.807, 2.05) is 31.5 Å². The third kappa shape index (κ3) is 4.64. The van der Waals surface area contributed by atoms with Gasteiger partial charge < -0.3 is 15.0 Å². The van der Waals surface area contributed by atoms with Crippen LogP contribution in [0.2, 0.25) is 0 Å². The van der Waals surface area contributed by atoms with Gasteiger partial charge >= 0.3 is 0 Å². The second-order valence-corrected chi connectivity index (χ2v) is 6.25. The number of aliphatic hydroxyl groups is 1. The lowest BCUT2D eigenvalue weighted by atomic mass is 10.1. The Morgan fingerprint density at radius 1 is 1.36 bits per heavy atom. The first-order valence-electron chi connectivity index (χ1n) is 7.41. The van der Waals surface area contributed by atoms with Gasteiger partial charge in [0.15, 0.2) is 0 Å². The fraction of sp³-hybridized carbons (Fsp3) is 0.353. The number of hydrogen-bond donors (Lipinski definition) is 2. The van der Waals surface area contributed by atoms with Crippen LogP contribution >= 0.6 is 11.8 Å². The molecule has 1 aromatic heterocycles. The number of carbonyl (C=O) groups excluding carboxylic acids is 1. The van der Waals surface area contributed by atoms with Crippen molar-refractivity contribution in [3.63, 3.8) is 0 Å². The van der Waals surface area contributed by atoms with Crippen LogP contribution in [0.4, 0.5) is 0 Å². The molecule has 5 heteroatoms. The zero-order chi connectivity index (χ0) is 15.8. The number of benzene rings is 1. The van der Waals surface area contributed by atoms with Gasteiger partial charge in [-0.25, -0.2) is 0 Å². The number of aromatic nitrogens is 1. The quantitative estimate of drug-likeness (QED) is 0.580. The molecule has 1 amide bonds. The number of rotatable bonds is 8. The van der Waals surface area contributed by atoms with Crippen molar-refractivity contribution in [3.8, 4) is 0 Å². The summed E-state index contributed by atoms with van der Waals surface area (Å²) in [5.74, 6) is 1.72. The molecule has 2 aromatic rings. The molecule has 22 heavy (non-hydrogen) atoms. The Bertz CT molecular complexity index is 649. The fourth-order valence-corrected chi connectivity index (χ4v) is 3.03. The molecular weight excluding hydrogens is 296 g/mol. The van der Waals surface area contributed by atoms with E-state index in [4.69, 9.17) is 5.11 Å². The van der Waals surface area contributed by atoms with Crippen molar-refractivity contribution >= 4 is 34.6 Å². The highest BCUT2D eigenvalue weighted by molar-refractivity contribution is 7.99. The van der Waals surface area contributed by atoms with Crippen LogP contribution in [0, 0.1) is 0 Å². The molecule has 0 bridgehead atoms. The van der Waals surface area contributed by atoms with Crippen molar-refractivity contribution in [1.29, 1.82) is 0 Å². The Morgan fingerprint density at radius 3 is 3.00 bits per heavy atom. The summed E-state index contributed by atoms with van der Waals surface area (Å²) in [6.07, 6.45) is 6.27. The Balaban J connectivity index is 1.84. The number of hydrogen-bond acceptors (Lipinski definition) is 3. The number of thioether (sulfide) groups is 1. The number of para-hydroxylation sites is 1. The van der Waals surface area contributed by atoms with Crippen molar-refractivity contribution in [1.82, 2.24) is 9.88 Å². The molecule has 4 nitrogen and oxygen atoms in total. The van der Waals surface area contributed by atoms with Gasteiger partial charge in [0.05, 0.1) is 0 Å². The van der Waals surface area contributed by atoms with Gasteiger partial charge in [0.25, 0.3) is 0 Å². The van der Waals surface area contributed by atoms with E-state index in [0.717, 1.165) is 34.4 Å². The maximum Gasteiger partial charge on any atom is 0.244 e. The minimum absolute atomic E-state index is 0.0734. The smallest absolute Gasteiger partial charge is 0.244 e. The molecule has 0 fully saturated rings. The lowest BCUT2D eigenvalue weighted by molar-refractivity contribution is -0.116. The van der Waals surface area contributed by atoms with E-state index in [-0.39, 0.29) is 12.5 Å². The molecule has 1 heterocycles. The van der Waals surface area contributed by atoms with E-state index in [9.17, 15) is 4.79 Å². The highest BCUT2D eigenvalue weighted by Crippen LogP contribution is 2.21. The third-order valence-corrected chi connectivity index (χ3v) is 4.40. The van der Waals surface area contributed by atoms with Crippen LogP contribution in [-0.4, -0.2) is 40.2 Å². The summed E-state index contributed by atoms with van der Waals surface area (Å²) >= 11 is 1.74. The van der Waals surface area contributed by atoms with Crippen molar-refractivity contribution in [2.75, 3.05) is 24.7 Å².